The van der Waals surface area contributed by atoms with Crippen molar-refractivity contribution >= 4 is 37.2 Å². The van der Waals surface area contributed by atoms with Crippen LogP contribution in [0.5, 0.6) is 0 Å². The fraction of sp³-hybridized carbons (Fsp3) is 0.786. The molecular weight excluding hydrogens is 702 g/mol. The summed E-state index contributed by atoms with van der Waals surface area (Å²) in [7, 11) is -2.45. The Morgan fingerprint density at radius 2 is 1.54 bits per heavy atom. The van der Waals surface area contributed by atoms with Gasteiger partial charge in [-0.15, -0.1) is 6.42 Å². The topological polar surface area (TPSA) is 117 Å². The number of rotatable bonds is 25. The van der Waals surface area contributed by atoms with E-state index in [0.717, 1.165) is 38.5 Å². The predicted octanol–water partition coefficient (Wildman–Crippen LogP) is 11.2. The molecule has 1 fully saturated rings. The summed E-state index contributed by atoms with van der Waals surface area (Å²) in [6.45, 7) is 16.8. The van der Waals surface area contributed by atoms with Crippen LogP contribution in [0.1, 0.15) is 176 Å². The Kier molecular flexibility index (Phi) is 18.5. The van der Waals surface area contributed by atoms with Crippen molar-refractivity contribution in [2.75, 3.05) is 5.32 Å². The number of carbonyl (C=O) groups is 2. The van der Waals surface area contributed by atoms with Crippen molar-refractivity contribution in [3.8, 4) is 12.3 Å². The smallest absolute Gasteiger partial charge is 0.312 e. The number of fused-ring (bicyclic) bond motifs is 1. The number of ether oxygens (including phenoxy) is 2. The van der Waals surface area contributed by atoms with E-state index in [1.165, 1.54) is 77.0 Å². The number of nitrogens with zero attached hydrogens (tertiary/aromatic N) is 4. The highest BCUT2D eigenvalue weighted by Gasteiger charge is 2.56. The Balaban J connectivity index is 1.71. The van der Waals surface area contributed by atoms with Gasteiger partial charge in [0.05, 0.1) is 12.2 Å². The Hall–Kier alpha value is -2.88. The van der Waals surface area contributed by atoms with Gasteiger partial charge in [-0.2, -0.15) is 14.4 Å². The highest BCUT2D eigenvalue weighted by atomic mass is 28.4. The zero-order chi connectivity index (χ0) is 39.8. The molecule has 54 heavy (non-hydrogen) atoms. The van der Waals surface area contributed by atoms with Gasteiger partial charge in [-0.05, 0) is 36.9 Å². The van der Waals surface area contributed by atoms with E-state index in [1.54, 1.807) is 4.57 Å². The van der Waals surface area contributed by atoms with Gasteiger partial charge >= 0.3 is 17.8 Å². The van der Waals surface area contributed by atoms with Gasteiger partial charge in [0.15, 0.2) is 25.3 Å². The molecule has 1 amide bonds. The number of nitrogens with one attached hydrogen (secondary N) is 1. The van der Waals surface area contributed by atoms with Crippen LogP contribution < -0.4 is 5.32 Å². The maximum absolute atomic E-state index is 15.0. The summed E-state index contributed by atoms with van der Waals surface area (Å²) in [4.78, 5) is 38.9. The Bertz CT molecular complexity index is 1500. The van der Waals surface area contributed by atoms with E-state index in [4.69, 9.17) is 20.3 Å². The minimum atomic E-state index is -2.45. The number of imidazole rings is 1. The Labute approximate surface area is 326 Å². The van der Waals surface area contributed by atoms with Crippen molar-refractivity contribution in [3.05, 3.63) is 12.4 Å². The van der Waals surface area contributed by atoms with Crippen LogP contribution in [0.3, 0.4) is 0 Å². The lowest BCUT2D eigenvalue weighted by Gasteiger charge is -2.41. The molecule has 0 saturated carbocycles. The molecule has 0 radical (unpaired) electrons. The fourth-order valence-corrected chi connectivity index (χ4v) is 7.99. The van der Waals surface area contributed by atoms with Crippen LogP contribution in [-0.4, -0.2) is 51.6 Å². The lowest BCUT2D eigenvalue weighted by atomic mass is 10.0. The van der Waals surface area contributed by atoms with Gasteiger partial charge in [0.2, 0.25) is 5.91 Å². The van der Waals surface area contributed by atoms with E-state index >= 15 is 0 Å². The summed E-state index contributed by atoms with van der Waals surface area (Å²) < 4.78 is 35.9. The molecular formula is C42H70FN5O5Si. The second kappa shape index (κ2) is 22.0. The van der Waals surface area contributed by atoms with Gasteiger partial charge in [0.1, 0.15) is 12.3 Å². The maximum atomic E-state index is 15.0. The quantitative estimate of drug-likeness (QED) is 0.0348. The van der Waals surface area contributed by atoms with Crippen LogP contribution in [-0.2, 0) is 23.5 Å². The van der Waals surface area contributed by atoms with Gasteiger partial charge < -0.3 is 19.2 Å². The number of unbranched alkanes of at least 4 members (excludes halogenated alkanes) is 15. The normalized spacial score (nSPS) is 19.6. The minimum Gasteiger partial charge on any atom is -0.418 e. The van der Waals surface area contributed by atoms with Crippen LogP contribution in [0.15, 0.2) is 6.33 Å². The van der Waals surface area contributed by atoms with Gasteiger partial charge in [0.25, 0.3) is 0 Å². The molecule has 1 unspecified atom stereocenters. The summed E-state index contributed by atoms with van der Waals surface area (Å²) in [5.41, 5.74) is 0.344. The molecule has 304 valence electrons. The molecule has 10 nitrogen and oxygen atoms in total. The van der Waals surface area contributed by atoms with Crippen LogP contribution in [0.25, 0.3) is 11.2 Å². The van der Waals surface area contributed by atoms with Crippen LogP contribution >= 0.6 is 0 Å². The summed E-state index contributed by atoms with van der Waals surface area (Å²) >= 11 is 0. The number of aromatic nitrogens is 4. The summed E-state index contributed by atoms with van der Waals surface area (Å²) in [5, 5.41) is 2.58. The van der Waals surface area contributed by atoms with E-state index in [9.17, 15) is 14.0 Å². The van der Waals surface area contributed by atoms with Crippen molar-refractivity contribution < 1.29 is 27.9 Å². The minimum absolute atomic E-state index is 0.00504. The van der Waals surface area contributed by atoms with E-state index in [-0.39, 0.29) is 40.3 Å². The monoisotopic (exact) mass is 772 g/mol. The molecule has 1 aliphatic rings. The highest BCUT2D eigenvalue weighted by Crippen LogP contribution is 2.46. The average molecular weight is 772 g/mol. The molecule has 1 N–H and O–H groups in total. The summed E-state index contributed by atoms with van der Waals surface area (Å²) in [6.07, 6.45) is 25.9. The molecule has 0 aliphatic carbocycles. The van der Waals surface area contributed by atoms with Crippen molar-refractivity contribution in [2.45, 2.75) is 206 Å². The average Bonchev–Trinajstić information content (AvgIpc) is 3.69. The second-order valence-electron chi connectivity index (χ2n) is 16.9. The van der Waals surface area contributed by atoms with Crippen molar-refractivity contribution in [1.82, 2.24) is 19.5 Å². The van der Waals surface area contributed by atoms with Crippen molar-refractivity contribution in [2.24, 2.45) is 5.92 Å². The van der Waals surface area contributed by atoms with Crippen LogP contribution in [0.4, 0.5) is 10.2 Å². The zero-order valence-corrected chi connectivity index (χ0v) is 35.7. The predicted molar refractivity (Wildman–Crippen MR) is 217 cm³/mol. The molecule has 0 spiro atoms. The molecule has 3 heterocycles. The Morgan fingerprint density at radius 1 is 0.981 bits per heavy atom. The molecule has 3 rings (SSSR count). The van der Waals surface area contributed by atoms with E-state index in [0.29, 0.717) is 12.8 Å². The SMILES string of the molecule is C#C[C@]1(OC(=O)C(C)CCCCCCCC)O[C@@H](n2cnc3c(NC(=O)CCCCCCCCCCCCC)nc(F)nc32)C[C@@H]1O[Si](C)(C)C(C)(C)C. The third-order valence-electron chi connectivity index (χ3n) is 11.2. The van der Waals surface area contributed by atoms with Gasteiger partial charge in [-0.1, -0.05) is 144 Å². The number of anilines is 1. The molecule has 0 aromatic carbocycles. The number of hydrogen-bond donors (Lipinski definition) is 1. The number of halogens is 1. The van der Waals surface area contributed by atoms with Crippen molar-refractivity contribution in [3.63, 3.8) is 0 Å². The van der Waals surface area contributed by atoms with E-state index < -0.39 is 38.5 Å². The van der Waals surface area contributed by atoms with Crippen LogP contribution in [0, 0.1) is 24.3 Å². The maximum Gasteiger partial charge on any atom is 0.312 e. The summed E-state index contributed by atoms with van der Waals surface area (Å²) in [5.74, 6) is -0.263. The fourth-order valence-electron chi connectivity index (χ4n) is 6.67. The lowest BCUT2D eigenvalue weighted by Crippen LogP contribution is -2.52. The molecule has 2 aromatic heterocycles. The third-order valence-corrected chi connectivity index (χ3v) is 15.7. The van der Waals surface area contributed by atoms with Gasteiger partial charge in [-0.25, -0.2) is 4.98 Å². The number of hydrogen-bond acceptors (Lipinski definition) is 8. The summed E-state index contributed by atoms with van der Waals surface area (Å²) in [6, 6.07) is 0. The molecule has 2 aromatic rings. The molecule has 0 bridgehead atoms. The van der Waals surface area contributed by atoms with Gasteiger partial charge in [0, 0.05) is 12.8 Å². The van der Waals surface area contributed by atoms with E-state index in [1.807, 2.05) is 6.92 Å². The first kappa shape index (κ1) is 45.5. The standard InChI is InChI=1S/C42H70FN5O5Si/c1-10-13-15-17-19-20-21-22-23-25-27-29-34(49)45-37-36-38(47-40(43)46-37)48(31-44-36)35-30-33(53-54(8,9)41(5,6)7)42(12-3,51-35)52-39(50)32(4)28-26-24-18-16-14-11-2/h3,31-33,35H,10-11,13-30H2,1-2,4-9H3,(H,45,46,47,49)/t32?,33-,35+,42+/m0/s1. The van der Waals surface area contributed by atoms with Crippen molar-refractivity contribution in [1.29, 1.82) is 0 Å². The largest absolute Gasteiger partial charge is 0.418 e. The Morgan fingerprint density at radius 3 is 2.09 bits per heavy atom. The third kappa shape index (κ3) is 13.4. The lowest BCUT2D eigenvalue weighted by molar-refractivity contribution is -0.227. The number of terminal acetylenes is 1. The molecule has 4 atom stereocenters. The number of carbonyl (C=O) groups excluding carboxylic acids is 2. The van der Waals surface area contributed by atoms with E-state index in [2.05, 4.69) is 73.9 Å². The highest BCUT2D eigenvalue weighted by molar-refractivity contribution is 6.74. The first-order valence-corrected chi connectivity index (χ1v) is 23.8. The molecule has 12 heteroatoms. The second-order valence-corrected chi connectivity index (χ2v) is 21.6. The first-order valence-electron chi connectivity index (χ1n) is 20.9. The first-order chi connectivity index (χ1) is 25.7. The molecule has 1 aliphatic heterocycles. The molecule has 1 saturated heterocycles. The zero-order valence-electron chi connectivity index (χ0n) is 34.7. The van der Waals surface area contributed by atoms with Gasteiger partial charge in [-0.3, -0.25) is 14.2 Å². The number of amides is 1. The van der Waals surface area contributed by atoms with Crippen LogP contribution in [0.2, 0.25) is 18.1 Å². The number of esters is 1.